The van der Waals surface area contributed by atoms with Crippen molar-refractivity contribution < 1.29 is 14.3 Å². The highest BCUT2D eigenvalue weighted by molar-refractivity contribution is 7.20. The van der Waals surface area contributed by atoms with Crippen molar-refractivity contribution >= 4 is 45.0 Å². The predicted molar refractivity (Wildman–Crippen MR) is 128 cm³/mol. The van der Waals surface area contributed by atoms with E-state index in [-0.39, 0.29) is 17.5 Å². The molecule has 2 aromatic carbocycles. The third-order valence-electron chi connectivity index (χ3n) is 4.82. The van der Waals surface area contributed by atoms with Crippen LogP contribution in [0.4, 0.5) is 5.69 Å². The van der Waals surface area contributed by atoms with Crippen molar-refractivity contribution in [2.75, 3.05) is 12.4 Å². The number of aryl methyl sites for hydroxylation is 1. The molecule has 4 aromatic rings. The third kappa shape index (κ3) is 4.84. The van der Waals surface area contributed by atoms with Gasteiger partial charge in [0.25, 0.3) is 5.91 Å². The van der Waals surface area contributed by atoms with Crippen LogP contribution in [-0.2, 0) is 4.79 Å². The number of nitrogens with one attached hydrogen (secondary N) is 2. The topological polar surface area (TPSA) is 80.3 Å². The van der Waals surface area contributed by atoms with E-state index in [1.54, 1.807) is 60.9 Å². The smallest absolute Gasteiger partial charge is 0.269 e. The third-order valence-corrected chi connectivity index (χ3v) is 6.05. The molecule has 0 saturated carbocycles. The summed E-state index contributed by atoms with van der Waals surface area (Å²) in [5.41, 5.74) is 2.10. The Morgan fingerprint density at radius 1 is 1.03 bits per heavy atom. The molecule has 0 fully saturated rings. The lowest BCUT2D eigenvalue weighted by Gasteiger charge is -2.08. The van der Waals surface area contributed by atoms with E-state index in [0.29, 0.717) is 17.2 Å². The average Bonchev–Trinajstić information content (AvgIpc) is 3.14. The van der Waals surface area contributed by atoms with Gasteiger partial charge in [0.2, 0.25) is 5.91 Å². The molecule has 32 heavy (non-hydrogen) atoms. The second-order valence-electron chi connectivity index (χ2n) is 6.99. The Hall–Kier alpha value is -3.97. The summed E-state index contributed by atoms with van der Waals surface area (Å²) in [5.74, 6) is 0.581. The first-order valence-corrected chi connectivity index (χ1v) is 10.8. The Labute approximate surface area is 189 Å². The van der Waals surface area contributed by atoms with Crippen molar-refractivity contribution in [2.24, 2.45) is 0 Å². The van der Waals surface area contributed by atoms with E-state index in [2.05, 4.69) is 34.7 Å². The van der Waals surface area contributed by atoms with Gasteiger partial charge in [-0.2, -0.15) is 0 Å². The fourth-order valence-corrected chi connectivity index (χ4v) is 4.27. The number of hydrogen-bond acceptors (Lipinski definition) is 5. The quantitative estimate of drug-likeness (QED) is 0.391. The zero-order valence-electron chi connectivity index (χ0n) is 17.6. The van der Waals surface area contributed by atoms with Crippen LogP contribution in [0.5, 0.6) is 11.5 Å². The van der Waals surface area contributed by atoms with Crippen LogP contribution in [0.1, 0.15) is 20.9 Å². The molecule has 0 spiro atoms. The highest BCUT2D eigenvalue weighted by atomic mass is 32.1. The highest BCUT2D eigenvalue weighted by Crippen LogP contribution is 2.31. The minimum atomic E-state index is -0.285. The molecule has 0 atom stereocenters. The number of amides is 2. The van der Waals surface area contributed by atoms with E-state index in [1.165, 1.54) is 21.8 Å². The number of benzene rings is 2. The second kappa shape index (κ2) is 9.45. The molecule has 0 aliphatic rings. The number of carbonyl (C=O) groups excluding carboxylic acids is 2. The van der Waals surface area contributed by atoms with Crippen LogP contribution in [0.15, 0.2) is 72.9 Å². The Kier molecular flexibility index (Phi) is 6.28. The highest BCUT2D eigenvalue weighted by Gasteiger charge is 2.08. The van der Waals surface area contributed by atoms with E-state index in [4.69, 9.17) is 4.74 Å². The molecular weight excluding hydrogens is 422 g/mol. The molecule has 7 heteroatoms. The molecule has 4 rings (SSSR count). The van der Waals surface area contributed by atoms with Gasteiger partial charge in [-0.25, -0.2) is 0 Å². The lowest BCUT2D eigenvalue weighted by Crippen LogP contribution is -2.18. The molecule has 0 unspecified atom stereocenters. The van der Waals surface area contributed by atoms with E-state index < -0.39 is 0 Å². The summed E-state index contributed by atoms with van der Waals surface area (Å²) in [6, 6.07) is 18.4. The Morgan fingerprint density at radius 3 is 2.56 bits per heavy atom. The number of fused-ring (bicyclic) bond motifs is 1. The van der Waals surface area contributed by atoms with Crippen LogP contribution in [0.2, 0.25) is 0 Å². The van der Waals surface area contributed by atoms with Gasteiger partial charge in [0.1, 0.15) is 17.2 Å². The average molecular weight is 444 g/mol. The molecule has 0 aliphatic heterocycles. The molecule has 6 nitrogen and oxygen atoms in total. The number of hydrogen-bond donors (Lipinski definition) is 2. The van der Waals surface area contributed by atoms with Crippen LogP contribution in [0.25, 0.3) is 16.2 Å². The van der Waals surface area contributed by atoms with Gasteiger partial charge >= 0.3 is 0 Å². The number of ether oxygens (including phenoxy) is 1. The largest absolute Gasteiger partial charge is 0.457 e. The summed E-state index contributed by atoms with van der Waals surface area (Å²) in [7, 11) is 1.55. The summed E-state index contributed by atoms with van der Waals surface area (Å²) in [4.78, 5) is 29.1. The summed E-state index contributed by atoms with van der Waals surface area (Å²) < 4.78 is 6.98. The molecule has 0 saturated heterocycles. The van der Waals surface area contributed by atoms with Gasteiger partial charge in [-0.15, -0.1) is 11.3 Å². The lowest BCUT2D eigenvalue weighted by atomic mass is 10.1. The van der Waals surface area contributed by atoms with Crippen LogP contribution < -0.4 is 15.4 Å². The zero-order valence-corrected chi connectivity index (χ0v) is 18.4. The Bertz CT molecular complexity index is 1310. The lowest BCUT2D eigenvalue weighted by molar-refractivity contribution is -0.111. The molecule has 2 N–H and O–H groups in total. The molecular formula is C25H21N3O3S. The fourth-order valence-electron chi connectivity index (χ4n) is 3.16. The Balaban J connectivity index is 1.39. The number of thiophene rings is 1. The number of carbonyl (C=O) groups is 2. The van der Waals surface area contributed by atoms with E-state index in [0.717, 1.165) is 4.88 Å². The maximum Gasteiger partial charge on any atom is 0.269 e. The van der Waals surface area contributed by atoms with Crippen molar-refractivity contribution in [3.63, 3.8) is 0 Å². The number of pyridine rings is 1. The summed E-state index contributed by atoms with van der Waals surface area (Å²) >= 11 is 1.67. The van der Waals surface area contributed by atoms with Crippen LogP contribution >= 0.6 is 11.3 Å². The molecule has 0 bridgehead atoms. The van der Waals surface area contributed by atoms with Crippen molar-refractivity contribution in [3.8, 4) is 11.5 Å². The first-order valence-electron chi connectivity index (χ1n) is 9.97. The SMILES string of the molecule is CNC(=O)c1cc(Oc2ccc(NC(=O)/C=C/c3sc4ccccc4c3C)cc2)ccn1. The first kappa shape index (κ1) is 21.3. The van der Waals surface area contributed by atoms with Gasteiger partial charge in [0.05, 0.1) is 0 Å². The fraction of sp³-hybridized carbons (Fsp3) is 0.0800. The maximum atomic E-state index is 12.3. The van der Waals surface area contributed by atoms with E-state index in [9.17, 15) is 9.59 Å². The van der Waals surface area contributed by atoms with Gasteiger partial charge in [0.15, 0.2) is 0 Å². The predicted octanol–water partition coefficient (Wildman–Crippen LogP) is 5.41. The standard InChI is InChI=1S/C25H21N3O3S/c1-16-20-5-3-4-6-23(20)32-22(16)11-12-24(29)28-17-7-9-18(10-8-17)31-19-13-14-27-21(15-19)25(30)26-2/h3-15H,1-2H3,(H,26,30)(H,28,29)/b12-11+. The van der Waals surface area contributed by atoms with Gasteiger partial charge in [0, 0.05) is 40.7 Å². The van der Waals surface area contributed by atoms with Crippen LogP contribution in [0.3, 0.4) is 0 Å². The maximum absolute atomic E-state index is 12.3. The van der Waals surface area contributed by atoms with E-state index in [1.807, 2.05) is 18.2 Å². The summed E-state index contributed by atoms with van der Waals surface area (Å²) in [5, 5.41) is 6.59. The molecule has 0 radical (unpaired) electrons. The van der Waals surface area contributed by atoms with Crippen LogP contribution in [0, 0.1) is 6.92 Å². The van der Waals surface area contributed by atoms with Crippen molar-refractivity contribution in [2.45, 2.75) is 6.92 Å². The Morgan fingerprint density at radius 2 is 1.81 bits per heavy atom. The minimum Gasteiger partial charge on any atom is -0.457 e. The molecule has 2 amide bonds. The second-order valence-corrected chi connectivity index (χ2v) is 8.08. The number of nitrogens with zero attached hydrogens (tertiary/aromatic N) is 1. The van der Waals surface area contributed by atoms with Gasteiger partial charge < -0.3 is 15.4 Å². The molecule has 0 aliphatic carbocycles. The summed E-state index contributed by atoms with van der Waals surface area (Å²) in [6.07, 6.45) is 4.90. The minimum absolute atomic E-state index is 0.208. The van der Waals surface area contributed by atoms with Crippen molar-refractivity contribution in [3.05, 3.63) is 89.1 Å². The first-order chi connectivity index (χ1) is 15.5. The van der Waals surface area contributed by atoms with Gasteiger partial charge in [-0.1, -0.05) is 18.2 Å². The number of anilines is 1. The van der Waals surface area contributed by atoms with Crippen molar-refractivity contribution in [1.29, 1.82) is 0 Å². The number of rotatable bonds is 6. The molecule has 2 aromatic heterocycles. The van der Waals surface area contributed by atoms with E-state index >= 15 is 0 Å². The van der Waals surface area contributed by atoms with Crippen LogP contribution in [-0.4, -0.2) is 23.8 Å². The molecule has 160 valence electrons. The normalized spacial score (nSPS) is 10.9. The van der Waals surface area contributed by atoms with Gasteiger partial charge in [-0.05, 0) is 60.3 Å². The monoisotopic (exact) mass is 443 g/mol. The van der Waals surface area contributed by atoms with Gasteiger partial charge in [-0.3, -0.25) is 14.6 Å². The van der Waals surface area contributed by atoms with Crippen molar-refractivity contribution in [1.82, 2.24) is 10.3 Å². The molecule has 2 heterocycles. The number of aromatic nitrogens is 1. The summed E-state index contributed by atoms with van der Waals surface area (Å²) in [6.45, 7) is 2.07. The zero-order chi connectivity index (χ0) is 22.5.